The average molecular weight is 228 g/mol. The van der Waals surface area contributed by atoms with Crippen LogP contribution in [0.2, 0.25) is 0 Å². The molecule has 1 unspecified atom stereocenters. The van der Waals surface area contributed by atoms with Crippen LogP contribution in [0.25, 0.3) is 0 Å². The molecule has 15 heavy (non-hydrogen) atoms. The lowest BCUT2D eigenvalue weighted by molar-refractivity contribution is 0.102. The van der Waals surface area contributed by atoms with E-state index in [-0.39, 0.29) is 6.10 Å². The normalized spacial score (nSPS) is 20.5. The number of hydrogen-bond donors (Lipinski definition) is 0. The summed E-state index contributed by atoms with van der Waals surface area (Å²) in [5, 5.41) is 8.27. The van der Waals surface area contributed by atoms with Gasteiger partial charge in [-0.1, -0.05) is 5.16 Å². The standard InChI is InChI=1S/C10H14ClN3O/c1-7(2)14-6-8(5-12-14)10-3-9(4-11)15-13-10/h5-7,9H,3-4H2,1-2H3. The molecule has 0 aromatic carbocycles. The first-order valence-electron chi connectivity index (χ1n) is 5.04. The van der Waals surface area contributed by atoms with Crippen LogP contribution in [0.3, 0.4) is 0 Å². The zero-order chi connectivity index (χ0) is 10.8. The minimum Gasteiger partial charge on any atom is -0.391 e. The summed E-state index contributed by atoms with van der Waals surface area (Å²) in [5.74, 6) is 0.477. The van der Waals surface area contributed by atoms with Gasteiger partial charge in [0.15, 0.2) is 0 Å². The molecule has 4 nitrogen and oxygen atoms in total. The first-order valence-corrected chi connectivity index (χ1v) is 5.57. The van der Waals surface area contributed by atoms with Crippen molar-refractivity contribution in [3.05, 3.63) is 18.0 Å². The number of nitrogens with zero attached hydrogens (tertiary/aromatic N) is 3. The van der Waals surface area contributed by atoms with Gasteiger partial charge in [0, 0.05) is 24.2 Å². The van der Waals surface area contributed by atoms with Crippen molar-refractivity contribution in [1.29, 1.82) is 0 Å². The molecule has 1 aliphatic rings. The molecule has 82 valence electrons. The Hall–Kier alpha value is -1.03. The Kier molecular flexibility index (Phi) is 2.95. The second-order valence-electron chi connectivity index (χ2n) is 3.93. The average Bonchev–Trinajstić information content (AvgIpc) is 2.86. The molecule has 0 saturated heterocycles. The van der Waals surface area contributed by atoms with Crippen LogP contribution < -0.4 is 0 Å². The van der Waals surface area contributed by atoms with E-state index in [9.17, 15) is 0 Å². The van der Waals surface area contributed by atoms with Crippen molar-refractivity contribution in [2.45, 2.75) is 32.4 Å². The van der Waals surface area contributed by atoms with E-state index in [1.54, 1.807) is 0 Å². The molecule has 0 aliphatic carbocycles. The smallest absolute Gasteiger partial charge is 0.146 e. The van der Waals surface area contributed by atoms with E-state index in [1.807, 2.05) is 17.1 Å². The third kappa shape index (κ3) is 2.15. The van der Waals surface area contributed by atoms with E-state index in [4.69, 9.17) is 16.4 Å². The SMILES string of the molecule is CC(C)n1cc(C2=NOC(CCl)C2)cn1. The molecule has 1 atom stereocenters. The zero-order valence-electron chi connectivity index (χ0n) is 8.85. The summed E-state index contributed by atoms with van der Waals surface area (Å²) < 4.78 is 1.91. The Balaban J connectivity index is 2.11. The highest BCUT2D eigenvalue weighted by molar-refractivity contribution is 6.18. The molecule has 5 heteroatoms. The van der Waals surface area contributed by atoms with Gasteiger partial charge in [-0.25, -0.2) is 0 Å². The van der Waals surface area contributed by atoms with Gasteiger partial charge >= 0.3 is 0 Å². The van der Waals surface area contributed by atoms with Gasteiger partial charge in [-0.2, -0.15) is 5.10 Å². The van der Waals surface area contributed by atoms with Crippen LogP contribution in [0.5, 0.6) is 0 Å². The van der Waals surface area contributed by atoms with Gasteiger partial charge in [-0.3, -0.25) is 4.68 Å². The Morgan fingerprint density at radius 1 is 1.67 bits per heavy atom. The zero-order valence-corrected chi connectivity index (χ0v) is 9.61. The van der Waals surface area contributed by atoms with Crippen LogP contribution in [0.1, 0.15) is 31.9 Å². The van der Waals surface area contributed by atoms with Crippen molar-refractivity contribution in [3.8, 4) is 0 Å². The van der Waals surface area contributed by atoms with E-state index < -0.39 is 0 Å². The summed E-state index contributed by atoms with van der Waals surface area (Å²) in [5.41, 5.74) is 1.96. The van der Waals surface area contributed by atoms with Crippen molar-refractivity contribution >= 4 is 17.3 Å². The van der Waals surface area contributed by atoms with Crippen molar-refractivity contribution in [2.75, 3.05) is 5.88 Å². The highest BCUT2D eigenvalue weighted by Gasteiger charge is 2.22. The maximum atomic E-state index is 5.70. The fourth-order valence-electron chi connectivity index (χ4n) is 1.45. The summed E-state index contributed by atoms with van der Waals surface area (Å²) in [4.78, 5) is 5.16. The lowest BCUT2D eigenvalue weighted by Crippen LogP contribution is -2.09. The third-order valence-corrected chi connectivity index (χ3v) is 2.71. The first kappa shape index (κ1) is 10.5. The van der Waals surface area contributed by atoms with E-state index in [0.29, 0.717) is 11.9 Å². The van der Waals surface area contributed by atoms with Gasteiger partial charge in [0.05, 0.1) is 17.8 Å². The van der Waals surface area contributed by atoms with E-state index in [0.717, 1.165) is 17.7 Å². The van der Waals surface area contributed by atoms with E-state index in [1.165, 1.54) is 0 Å². The monoisotopic (exact) mass is 227 g/mol. The molecule has 1 aromatic rings. The van der Waals surface area contributed by atoms with Gasteiger partial charge in [0.2, 0.25) is 0 Å². The summed E-state index contributed by atoms with van der Waals surface area (Å²) in [7, 11) is 0. The number of halogens is 1. The Labute approximate surface area is 93.9 Å². The molecule has 2 rings (SSSR count). The Morgan fingerprint density at radius 3 is 3.00 bits per heavy atom. The molecule has 2 heterocycles. The second-order valence-corrected chi connectivity index (χ2v) is 4.24. The van der Waals surface area contributed by atoms with Crippen molar-refractivity contribution in [3.63, 3.8) is 0 Å². The second kappa shape index (κ2) is 4.23. The van der Waals surface area contributed by atoms with Crippen LogP contribution in [0, 0.1) is 0 Å². The highest BCUT2D eigenvalue weighted by atomic mass is 35.5. The summed E-state index contributed by atoms with van der Waals surface area (Å²) in [6.07, 6.45) is 4.60. The Morgan fingerprint density at radius 2 is 2.47 bits per heavy atom. The highest BCUT2D eigenvalue weighted by Crippen LogP contribution is 2.17. The fraction of sp³-hybridized carbons (Fsp3) is 0.600. The van der Waals surface area contributed by atoms with Crippen LogP contribution in [0.4, 0.5) is 0 Å². The minimum atomic E-state index is 0.0177. The minimum absolute atomic E-state index is 0.0177. The molecular weight excluding hydrogens is 214 g/mol. The van der Waals surface area contributed by atoms with Gasteiger partial charge in [-0.15, -0.1) is 11.6 Å². The Bertz CT molecular complexity index is 372. The summed E-state index contributed by atoms with van der Waals surface area (Å²) >= 11 is 5.70. The first-order chi connectivity index (χ1) is 7.20. The van der Waals surface area contributed by atoms with E-state index >= 15 is 0 Å². The van der Waals surface area contributed by atoms with Crippen LogP contribution in [0.15, 0.2) is 17.5 Å². The molecule has 0 amide bonds. The molecule has 0 bridgehead atoms. The molecule has 0 spiro atoms. The van der Waals surface area contributed by atoms with Crippen molar-refractivity contribution < 1.29 is 4.84 Å². The molecule has 1 aliphatic heterocycles. The van der Waals surface area contributed by atoms with E-state index in [2.05, 4.69) is 24.1 Å². The van der Waals surface area contributed by atoms with Gasteiger partial charge < -0.3 is 4.84 Å². The largest absolute Gasteiger partial charge is 0.391 e. The lowest BCUT2D eigenvalue weighted by atomic mass is 10.1. The van der Waals surface area contributed by atoms with Crippen molar-refractivity contribution in [1.82, 2.24) is 9.78 Å². The third-order valence-electron chi connectivity index (χ3n) is 2.37. The van der Waals surface area contributed by atoms with Crippen LogP contribution >= 0.6 is 11.6 Å². The molecule has 0 radical (unpaired) electrons. The van der Waals surface area contributed by atoms with Gasteiger partial charge in [0.1, 0.15) is 6.10 Å². The summed E-state index contributed by atoms with van der Waals surface area (Å²) in [6.45, 7) is 4.18. The number of rotatable bonds is 3. The fourth-order valence-corrected chi connectivity index (χ4v) is 1.62. The number of alkyl halides is 1. The number of hydrogen-bond acceptors (Lipinski definition) is 3. The topological polar surface area (TPSA) is 39.4 Å². The molecule has 1 aromatic heterocycles. The number of aromatic nitrogens is 2. The molecule has 0 saturated carbocycles. The lowest BCUT2D eigenvalue weighted by Gasteiger charge is -2.02. The maximum absolute atomic E-state index is 5.70. The number of oxime groups is 1. The molecule has 0 fully saturated rings. The van der Waals surface area contributed by atoms with Gasteiger partial charge in [0.25, 0.3) is 0 Å². The predicted octanol–water partition coefficient (Wildman–Crippen LogP) is 2.20. The molecule has 0 N–H and O–H groups in total. The van der Waals surface area contributed by atoms with Crippen LogP contribution in [-0.2, 0) is 4.84 Å². The quantitative estimate of drug-likeness (QED) is 0.743. The molecular formula is C10H14ClN3O. The van der Waals surface area contributed by atoms with Crippen molar-refractivity contribution in [2.24, 2.45) is 5.16 Å². The predicted molar refractivity (Wildman–Crippen MR) is 59.4 cm³/mol. The maximum Gasteiger partial charge on any atom is 0.146 e. The van der Waals surface area contributed by atoms with Gasteiger partial charge in [-0.05, 0) is 13.8 Å². The summed E-state index contributed by atoms with van der Waals surface area (Å²) in [6, 6.07) is 0.366. The van der Waals surface area contributed by atoms with Crippen LogP contribution in [-0.4, -0.2) is 27.5 Å².